The fourth-order valence-corrected chi connectivity index (χ4v) is 5.88. The summed E-state index contributed by atoms with van der Waals surface area (Å²) in [5, 5.41) is 17.0. The zero-order valence-corrected chi connectivity index (χ0v) is 21.8. The molecule has 1 aromatic heterocycles. The van der Waals surface area contributed by atoms with Crippen LogP contribution in [0, 0.1) is 7.14 Å². The number of hydrazone groups is 1. The van der Waals surface area contributed by atoms with E-state index in [1.807, 2.05) is 59.0 Å². The molecule has 0 fully saturated rings. The molecular formula is C23H18I2N4O2S. The highest BCUT2D eigenvalue weighted by Gasteiger charge is 2.20. The smallest absolute Gasteiger partial charge is 0.317 e. The van der Waals surface area contributed by atoms with E-state index in [-0.39, 0.29) is 17.4 Å². The average molecular weight is 668 g/mol. The van der Waals surface area contributed by atoms with Gasteiger partial charge in [-0.1, -0.05) is 48.2 Å². The second-order valence-corrected chi connectivity index (χ2v) is 10.3. The quantitative estimate of drug-likeness (QED) is 0.103. The van der Waals surface area contributed by atoms with E-state index >= 15 is 0 Å². The zero-order chi connectivity index (χ0) is 22.5. The molecule has 0 aliphatic rings. The molecule has 0 bridgehead atoms. The summed E-state index contributed by atoms with van der Waals surface area (Å²) in [5.41, 5.74) is 6.23. The van der Waals surface area contributed by atoms with Gasteiger partial charge in [0.2, 0.25) is 0 Å². The Morgan fingerprint density at radius 3 is 2.69 bits per heavy atom. The fourth-order valence-electron chi connectivity index (χ4n) is 3.16. The molecule has 32 heavy (non-hydrogen) atoms. The predicted octanol–water partition coefficient (Wildman–Crippen LogP) is 4.03. The Kier molecular flexibility index (Phi) is 7.68. The fraction of sp³-hybridized carbons (Fsp3) is 0.0870. The molecule has 0 spiro atoms. The average Bonchev–Trinajstić information content (AvgIpc) is 3.13. The molecule has 9 heteroatoms. The maximum Gasteiger partial charge on any atom is 0.317 e. The molecule has 3 aromatic carbocycles. The molecule has 0 aliphatic heterocycles. The first-order valence-electron chi connectivity index (χ1n) is 9.66. The minimum Gasteiger partial charge on any atom is -0.871 e. The van der Waals surface area contributed by atoms with Crippen molar-refractivity contribution in [2.75, 3.05) is 5.75 Å². The number of H-pyrrole nitrogens is 1. The maximum atomic E-state index is 12.4. The van der Waals surface area contributed by atoms with Crippen LogP contribution in [0.4, 0.5) is 0 Å². The van der Waals surface area contributed by atoms with Gasteiger partial charge in [0.15, 0.2) is 11.0 Å². The Morgan fingerprint density at radius 1 is 1.12 bits per heavy atom. The van der Waals surface area contributed by atoms with Gasteiger partial charge in [-0.2, -0.15) is 5.10 Å². The van der Waals surface area contributed by atoms with Crippen molar-refractivity contribution in [2.24, 2.45) is 5.10 Å². The molecule has 0 atom stereocenters. The van der Waals surface area contributed by atoms with Crippen LogP contribution in [0.3, 0.4) is 0 Å². The van der Waals surface area contributed by atoms with E-state index in [9.17, 15) is 9.90 Å². The summed E-state index contributed by atoms with van der Waals surface area (Å²) < 4.78 is 3.74. The Bertz CT molecular complexity index is 1290. The number of halogens is 2. The molecule has 1 amide bonds. The topological polar surface area (TPSA) is 84.2 Å². The van der Waals surface area contributed by atoms with Gasteiger partial charge in [0.1, 0.15) is 6.54 Å². The van der Waals surface area contributed by atoms with Crippen LogP contribution < -0.4 is 15.1 Å². The number of rotatable bonds is 7. The first-order chi connectivity index (χ1) is 15.5. The van der Waals surface area contributed by atoms with Gasteiger partial charge in [0.25, 0.3) is 5.91 Å². The maximum absolute atomic E-state index is 12.4. The van der Waals surface area contributed by atoms with E-state index in [2.05, 4.69) is 60.9 Å². The molecule has 162 valence electrons. The van der Waals surface area contributed by atoms with Crippen molar-refractivity contribution in [1.29, 1.82) is 0 Å². The molecule has 2 N–H and O–H groups in total. The number of nitrogens with one attached hydrogen (secondary N) is 2. The van der Waals surface area contributed by atoms with Gasteiger partial charge >= 0.3 is 5.16 Å². The van der Waals surface area contributed by atoms with Crippen molar-refractivity contribution < 1.29 is 14.5 Å². The number of carbonyl (C=O) groups is 1. The monoisotopic (exact) mass is 668 g/mol. The van der Waals surface area contributed by atoms with Crippen LogP contribution in [-0.4, -0.2) is 22.9 Å². The van der Waals surface area contributed by atoms with Crippen molar-refractivity contribution in [3.63, 3.8) is 0 Å². The van der Waals surface area contributed by atoms with Crippen LogP contribution in [0.2, 0.25) is 0 Å². The molecule has 4 aromatic rings. The number of nitrogens with zero attached hydrogens (tertiary/aromatic N) is 2. The molecule has 0 radical (unpaired) electrons. The number of aromatic amines is 1. The molecule has 6 nitrogen and oxygen atoms in total. The van der Waals surface area contributed by atoms with Gasteiger partial charge in [0.05, 0.1) is 12.0 Å². The number of hydrogen-bond donors (Lipinski definition) is 2. The lowest BCUT2D eigenvalue weighted by Gasteiger charge is -2.13. The summed E-state index contributed by atoms with van der Waals surface area (Å²) >= 11 is 5.56. The Morgan fingerprint density at radius 2 is 1.88 bits per heavy atom. The van der Waals surface area contributed by atoms with E-state index in [1.165, 1.54) is 23.5 Å². The summed E-state index contributed by atoms with van der Waals surface area (Å²) in [6.45, 7) is 0.699. The molecule has 0 unspecified atom stereocenters. The van der Waals surface area contributed by atoms with Crippen molar-refractivity contribution in [1.82, 2.24) is 10.4 Å². The van der Waals surface area contributed by atoms with Gasteiger partial charge in [-0.15, -0.1) is 0 Å². The largest absolute Gasteiger partial charge is 0.871 e. The zero-order valence-electron chi connectivity index (χ0n) is 16.7. The van der Waals surface area contributed by atoms with Gasteiger partial charge in [-0.3, -0.25) is 4.79 Å². The third-order valence-corrected chi connectivity index (χ3v) is 7.06. The van der Waals surface area contributed by atoms with Gasteiger partial charge < -0.3 is 5.11 Å². The standard InChI is InChI=1S/C23H18I2N4O2S/c24-17-10-16(22(31)18(25)11-17)12-26-28-21(30)14-32-23-27-19-8-4-5-9-20(19)29(23)13-15-6-2-1-3-7-15/h1-12H,13-14H2,(H2,26,28,30,31). The highest BCUT2D eigenvalue weighted by molar-refractivity contribution is 14.1. The van der Waals surface area contributed by atoms with Crippen molar-refractivity contribution in [2.45, 2.75) is 11.7 Å². The van der Waals surface area contributed by atoms with Crippen molar-refractivity contribution in [3.05, 3.63) is 85.0 Å². The highest BCUT2D eigenvalue weighted by atomic mass is 127. The van der Waals surface area contributed by atoms with Gasteiger partial charge in [0, 0.05) is 7.14 Å². The molecule has 0 aliphatic carbocycles. The van der Waals surface area contributed by atoms with E-state index in [4.69, 9.17) is 0 Å². The molecule has 1 heterocycles. The Labute approximate surface area is 216 Å². The van der Waals surface area contributed by atoms with Crippen LogP contribution in [0.1, 0.15) is 11.1 Å². The van der Waals surface area contributed by atoms with Crippen LogP contribution >= 0.6 is 56.9 Å². The summed E-state index contributed by atoms with van der Waals surface area (Å²) in [6, 6.07) is 21.8. The summed E-state index contributed by atoms with van der Waals surface area (Å²) in [4.78, 5) is 15.8. The Balaban J connectivity index is 1.45. The highest BCUT2D eigenvalue weighted by Crippen LogP contribution is 2.23. The number of amides is 1. The second kappa shape index (κ2) is 10.7. The number of benzene rings is 3. The minimum atomic E-state index is -0.246. The minimum absolute atomic E-state index is 0.0987. The number of aromatic nitrogens is 2. The number of hydrogen-bond acceptors (Lipinski definition) is 4. The normalized spacial score (nSPS) is 11.3. The van der Waals surface area contributed by atoms with E-state index < -0.39 is 0 Å². The SMILES string of the molecule is O=C(CSc1[nH]c2ccccc2[n+]1Cc1ccccc1)N/N=C/c1cc(I)cc(I)c1[O-]. The van der Waals surface area contributed by atoms with Crippen molar-refractivity contribution in [3.8, 4) is 5.75 Å². The molecule has 4 rings (SSSR count). The third-order valence-electron chi connectivity index (χ3n) is 4.64. The summed E-state index contributed by atoms with van der Waals surface area (Å²) in [6.07, 6.45) is 1.40. The number of para-hydroxylation sites is 2. The van der Waals surface area contributed by atoms with Gasteiger partial charge in [-0.05, 0) is 92.3 Å². The number of fused-ring (bicyclic) bond motifs is 1. The second-order valence-electron chi connectivity index (χ2n) is 6.91. The van der Waals surface area contributed by atoms with Gasteiger partial charge in [-0.25, -0.2) is 15.0 Å². The number of thioether (sulfide) groups is 1. The van der Waals surface area contributed by atoms with Crippen LogP contribution in [-0.2, 0) is 11.3 Å². The third kappa shape index (κ3) is 5.62. The summed E-state index contributed by atoms with van der Waals surface area (Å²) in [7, 11) is 0. The van der Waals surface area contributed by atoms with E-state index in [0.717, 1.165) is 19.8 Å². The lowest BCUT2D eigenvalue weighted by Crippen LogP contribution is -2.36. The lowest BCUT2D eigenvalue weighted by atomic mass is 10.2. The predicted molar refractivity (Wildman–Crippen MR) is 142 cm³/mol. The molecule has 0 saturated carbocycles. The van der Waals surface area contributed by atoms with Crippen LogP contribution in [0.5, 0.6) is 5.75 Å². The van der Waals surface area contributed by atoms with E-state index in [1.54, 1.807) is 12.1 Å². The number of carbonyl (C=O) groups excluding carboxylic acids is 1. The lowest BCUT2D eigenvalue weighted by molar-refractivity contribution is -0.700. The Hall–Kier alpha value is -2.12. The van der Waals surface area contributed by atoms with E-state index in [0.29, 0.717) is 15.7 Å². The molecular weight excluding hydrogens is 650 g/mol. The van der Waals surface area contributed by atoms with Crippen LogP contribution in [0.15, 0.2) is 77.0 Å². The first kappa shape index (κ1) is 23.1. The molecule has 0 saturated heterocycles. The van der Waals surface area contributed by atoms with Crippen molar-refractivity contribution >= 4 is 80.1 Å². The first-order valence-corrected chi connectivity index (χ1v) is 12.8. The number of imidazole rings is 1. The van der Waals surface area contributed by atoms with Crippen LogP contribution in [0.25, 0.3) is 11.0 Å². The summed E-state index contributed by atoms with van der Waals surface area (Å²) in [5.74, 6) is -0.157.